The lowest BCUT2D eigenvalue weighted by Gasteiger charge is -2.06. The van der Waals surface area contributed by atoms with E-state index in [-0.39, 0.29) is 18.0 Å². The van der Waals surface area contributed by atoms with Crippen LogP contribution in [0.15, 0.2) is 49.3 Å². The third kappa shape index (κ3) is 3.69. The second kappa shape index (κ2) is 7.36. The van der Waals surface area contributed by atoms with E-state index in [0.717, 1.165) is 11.4 Å². The molecule has 0 aliphatic rings. The molecule has 2 heterocycles. The zero-order valence-corrected chi connectivity index (χ0v) is 15.1. The number of rotatable bonds is 7. The minimum atomic E-state index is -0.461. The number of hydrogen-bond acceptors (Lipinski definition) is 5. The lowest BCUT2D eigenvalue weighted by Crippen LogP contribution is -2.12. The SMILES string of the molecule is C=CCn1c(C)cc(C(=O)Cn2cnc(-c3ccc([N+](=O)[O-])cc3)n2)c1C. The number of nitro groups is 1. The highest BCUT2D eigenvalue weighted by Gasteiger charge is 2.17. The molecular formula is C19H19N5O3. The first-order valence-electron chi connectivity index (χ1n) is 8.35. The molecule has 0 atom stereocenters. The standard InChI is InChI=1S/C19H19N5O3/c1-4-9-23-13(2)10-17(14(23)3)18(25)11-22-12-20-19(21-22)15-5-7-16(8-6-15)24(26)27/h4-8,10,12H,1,9,11H2,2-3H3. The average molecular weight is 365 g/mol. The number of ketones is 1. The van der Waals surface area contributed by atoms with Crippen LogP contribution in [-0.4, -0.2) is 30.0 Å². The summed E-state index contributed by atoms with van der Waals surface area (Å²) in [4.78, 5) is 27.1. The molecule has 8 heteroatoms. The molecule has 0 spiro atoms. The summed E-state index contributed by atoms with van der Waals surface area (Å²) in [6.07, 6.45) is 3.28. The third-order valence-corrected chi connectivity index (χ3v) is 4.36. The molecule has 0 bridgehead atoms. The number of carbonyl (C=O) groups excluding carboxylic acids is 1. The molecule has 0 saturated carbocycles. The van der Waals surface area contributed by atoms with E-state index in [4.69, 9.17) is 0 Å². The van der Waals surface area contributed by atoms with Gasteiger partial charge in [-0.25, -0.2) is 9.67 Å². The van der Waals surface area contributed by atoms with Gasteiger partial charge in [0.25, 0.3) is 5.69 Å². The van der Waals surface area contributed by atoms with E-state index in [2.05, 4.69) is 16.7 Å². The summed E-state index contributed by atoms with van der Waals surface area (Å²) in [5.74, 6) is 0.355. The molecule has 0 amide bonds. The van der Waals surface area contributed by atoms with Crippen LogP contribution in [-0.2, 0) is 13.1 Å². The molecule has 0 radical (unpaired) electrons. The number of non-ortho nitro benzene ring substituents is 1. The van der Waals surface area contributed by atoms with Crippen molar-refractivity contribution in [3.8, 4) is 11.4 Å². The van der Waals surface area contributed by atoms with Crippen molar-refractivity contribution in [1.82, 2.24) is 19.3 Å². The minimum Gasteiger partial charge on any atom is -0.345 e. The molecule has 27 heavy (non-hydrogen) atoms. The highest BCUT2D eigenvalue weighted by molar-refractivity contribution is 5.97. The van der Waals surface area contributed by atoms with E-state index in [0.29, 0.717) is 23.5 Å². The Balaban J connectivity index is 1.77. The highest BCUT2D eigenvalue weighted by Crippen LogP contribution is 2.20. The molecular weight excluding hydrogens is 346 g/mol. The maximum absolute atomic E-state index is 12.7. The fourth-order valence-corrected chi connectivity index (χ4v) is 2.96. The molecule has 0 saturated heterocycles. The summed E-state index contributed by atoms with van der Waals surface area (Å²) >= 11 is 0. The fourth-order valence-electron chi connectivity index (χ4n) is 2.96. The predicted molar refractivity (Wildman–Crippen MR) is 101 cm³/mol. The van der Waals surface area contributed by atoms with Crippen LogP contribution in [0.3, 0.4) is 0 Å². The van der Waals surface area contributed by atoms with E-state index in [1.165, 1.54) is 23.1 Å². The van der Waals surface area contributed by atoms with E-state index >= 15 is 0 Å². The smallest absolute Gasteiger partial charge is 0.269 e. The van der Waals surface area contributed by atoms with Crippen molar-refractivity contribution in [2.24, 2.45) is 0 Å². The number of aryl methyl sites for hydroxylation is 1. The van der Waals surface area contributed by atoms with E-state index < -0.39 is 4.92 Å². The number of carbonyl (C=O) groups is 1. The number of Topliss-reactive ketones (excluding diaryl/α,β-unsaturated/α-hetero) is 1. The average Bonchev–Trinajstić information content (AvgIpc) is 3.22. The Bertz CT molecular complexity index is 1010. The third-order valence-electron chi connectivity index (χ3n) is 4.36. The Morgan fingerprint density at radius 1 is 1.30 bits per heavy atom. The summed E-state index contributed by atoms with van der Waals surface area (Å²) in [7, 11) is 0. The first kappa shape index (κ1) is 18.2. The Kier molecular flexibility index (Phi) is 4.98. The Morgan fingerprint density at radius 2 is 2.00 bits per heavy atom. The molecule has 8 nitrogen and oxygen atoms in total. The van der Waals surface area contributed by atoms with Gasteiger partial charge in [0.15, 0.2) is 11.6 Å². The van der Waals surface area contributed by atoms with E-state index in [1.54, 1.807) is 18.2 Å². The largest absolute Gasteiger partial charge is 0.345 e. The van der Waals surface area contributed by atoms with Crippen LogP contribution in [0.1, 0.15) is 21.7 Å². The minimum absolute atomic E-state index is 0.00300. The summed E-state index contributed by atoms with van der Waals surface area (Å²) in [6.45, 7) is 8.32. The number of allylic oxidation sites excluding steroid dienone is 1. The molecule has 3 aromatic rings. The Labute approximate surface area is 155 Å². The lowest BCUT2D eigenvalue weighted by atomic mass is 10.1. The number of hydrogen-bond donors (Lipinski definition) is 0. The van der Waals surface area contributed by atoms with Crippen molar-refractivity contribution < 1.29 is 9.72 Å². The predicted octanol–water partition coefficient (Wildman–Crippen LogP) is 3.34. The maximum atomic E-state index is 12.7. The van der Waals surface area contributed by atoms with Gasteiger partial charge in [0, 0.05) is 41.2 Å². The number of nitrogens with zero attached hydrogens (tertiary/aromatic N) is 5. The van der Waals surface area contributed by atoms with Crippen LogP contribution in [0, 0.1) is 24.0 Å². The molecule has 0 N–H and O–H groups in total. The van der Waals surface area contributed by atoms with E-state index in [9.17, 15) is 14.9 Å². The van der Waals surface area contributed by atoms with Gasteiger partial charge in [-0.3, -0.25) is 14.9 Å². The topological polar surface area (TPSA) is 95.8 Å². The van der Waals surface area contributed by atoms with Gasteiger partial charge < -0.3 is 4.57 Å². The van der Waals surface area contributed by atoms with Crippen LogP contribution < -0.4 is 0 Å². The highest BCUT2D eigenvalue weighted by atomic mass is 16.6. The van der Waals surface area contributed by atoms with Crippen molar-refractivity contribution >= 4 is 11.5 Å². The number of benzene rings is 1. The van der Waals surface area contributed by atoms with E-state index in [1.807, 2.05) is 24.5 Å². The molecule has 138 valence electrons. The molecule has 1 aromatic carbocycles. The van der Waals surface area contributed by atoms with Gasteiger partial charge in [0.05, 0.1) is 4.92 Å². The molecule has 0 unspecified atom stereocenters. The monoisotopic (exact) mass is 365 g/mol. The normalized spacial score (nSPS) is 10.7. The molecule has 3 rings (SSSR count). The van der Waals surface area contributed by atoms with Crippen molar-refractivity contribution in [2.45, 2.75) is 26.9 Å². The van der Waals surface area contributed by atoms with Crippen LogP contribution in [0.25, 0.3) is 11.4 Å². The first-order chi connectivity index (χ1) is 12.9. The van der Waals surface area contributed by atoms with Gasteiger partial charge in [-0.2, -0.15) is 5.10 Å². The molecule has 0 fully saturated rings. The quantitative estimate of drug-likeness (QED) is 0.277. The molecule has 0 aliphatic heterocycles. The van der Waals surface area contributed by atoms with Crippen LogP contribution in [0.5, 0.6) is 0 Å². The van der Waals surface area contributed by atoms with Crippen molar-refractivity contribution in [3.05, 3.63) is 76.4 Å². The Morgan fingerprint density at radius 3 is 2.63 bits per heavy atom. The summed E-state index contributed by atoms with van der Waals surface area (Å²) in [5.41, 5.74) is 3.20. The summed E-state index contributed by atoms with van der Waals surface area (Å²) in [5, 5.41) is 15.0. The molecule has 0 aliphatic carbocycles. The molecule has 2 aromatic heterocycles. The van der Waals surface area contributed by atoms with Crippen molar-refractivity contribution in [1.29, 1.82) is 0 Å². The van der Waals surface area contributed by atoms with Crippen molar-refractivity contribution in [2.75, 3.05) is 0 Å². The lowest BCUT2D eigenvalue weighted by molar-refractivity contribution is -0.384. The van der Waals surface area contributed by atoms with Crippen LogP contribution in [0.2, 0.25) is 0 Å². The fraction of sp³-hybridized carbons (Fsp3) is 0.211. The van der Waals surface area contributed by atoms with Gasteiger partial charge in [-0.1, -0.05) is 6.08 Å². The van der Waals surface area contributed by atoms with Crippen LogP contribution >= 0.6 is 0 Å². The first-order valence-corrected chi connectivity index (χ1v) is 8.35. The maximum Gasteiger partial charge on any atom is 0.269 e. The van der Waals surface area contributed by atoms with Gasteiger partial charge in [0.2, 0.25) is 0 Å². The Hall–Kier alpha value is -3.55. The zero-order valence-electron chi connectivity index (χ0n) is 15.1. The van der Waals surface area contributed by atoms with Gasteiger partial charge in [-0.15, -0.1) is 6.58 Å². The van der Waals surface area contributed by atoms with Gasteiger partial charge in [0.1, 0.15) is 12.9 Å². The number of aromatic nitrogens is 4. The van der Waals surface area contributed by atoms with Gasteiger partial charge in [-0.05, 0) is 32.0 Å². The summed E-state index contributed by atoms with van der Waals surface area (Å²) < 4.78 is 3.50. The second-order valence-corrected chi connectivity index (χ2v) is 6.18. The van der Waals surface area contributed by atoms with Crippen molar-refractivity contribution in [3.63, 3.8) is 0 Å². The summed E-state index contributed by atoms with van der Waals surface area (Å²) in [6, 6.07) is 7.84. The second-order valence-electron chi connectivity index (χ2n) is 6.18. The van der Waals surface area contributed by atoms with Gasteiger partial charge >= 0.3 is 0 Å². The zero-order chi connectivity index (χ0) is 19.6. The van der Waals surface area contributed by atoms with Crippen LogP contribution in [0.4, 0.5) is 5.69 Å². The number of nitro benzene ring substituents is 1.